The van der Waals surface area contributed by atoms with Gasteiger partial charge >= 0.3 is 23.1 Å². The summed E-state index contributed by atoms with van der Waals surface area (Å²) in [6.07, 6.45) is 21.9. The Labute approximate surface area is 656 Å². The number of nitrogens with two attached hydrogens (primary N) is 2. The van der Waals surface area contributed by atoms with Gasteiger partial charge in [0, 0.05) is 148 Å². The predicted octanol–water partition coefficient (Wildman–Crippen LogP) is 11.0. The third kappa shape index (κ3) is 32.6. The van der Waals surface area contributed by atoms with Crippen LogP contribution >= 0.6 is 24.8 Å². The molecule has 4 atom stereocenters. The Morgan fingerprint density at radius 2 is 0.857 bits per heavy atom. The number of aliphatic hydroxyl groups excluding tert-OH is 1. The van der Waals surface area contributed by atoms with Crippen LogP contribution in [-0.2, 0) is 86.1 Å². The average molecular weight is 1590 g/mol. The number of benzene rings is 5. The fourth-order valence-electron chi connectivity index (χ4n) is 8.40. The van der Waals surface area contributed by atoms with Crippen molar-refractivity contribution < 1.29 is 61.6 Å². The number of aldehydes is 1. The summed E-state index contributed by atoms with van der Waals surface area (Å²) in [5.74, 6) is -1.87. The SMILES string of the molecule is C1CCOC1.CC(C)(C)S(N)=O.CC(N)c1ccc(-c2cnn(C)c2)cc1F.Cl.Cl.Cn1cc(-c2ccc(C=NS(=O)C(C)(C)C)c(F)c2)cn1.Cn1cc(-c2ccc(C=O)c(F)c2)cn1.Cn1cc(-c2ccc(CNS(=O)C(C)(C)C)c(F)c2)cn1.Cn1cc(-c2ccc(CO)c(F)c2)cn1.[CH3-].[Cl-].[Mg+2]. The number of aliphatic hydroxyl groups is 1. The van der Waals surface area contributed by atoms with E-state index < -0.39 is 49.3 Å². The van der Waals surface area contributed by atoms with Crippen LogP contribution in [0, 0.1) is 36.5 Å². The number of ether oxygens (including phenoxy) is 1. The Morgan fingerprint density at radius 3 is 1.11 bits per heavy atom. The molecule has 0 amide bonds. The molecule has 1 aliphatic rings. The zero-order chi connectivity index (χ0) is 74.2. The van der Waals surface area contributed by atoms with Gasteiger partial charge in [0.15, 0.2) is 6.29 Å². The summed E-state index contributed by atoms with van der Waals surface area (Å²) in [5, 5.41) is 34.1. The van der Waals surface area contributed by atoms with Gasteiger partial charge in [0.2, 0.25) is 0 Å². The summed E-state index contributed by atoms with van der Waals surface area (Å²) in [7, 11) is 5.26. The number of nitrogens with zero attached hydrogens (tertiary/aromatic N) is 11. The number of aromatic nitrogens is 10. The molecule has 5 aromatic heterocycles. The molecule has 1 fully saturated rings. The van der Waals surface area contributed by atoms with Crippen LogP contribution in [0.1, 0.15) is 121 Å². The second-order valence-electron chi connectivity index (χ2n) is 25.9. The molecule has 10 aromatic rings. The molecule has 4 unspecified atom stereocenters. The van der Waals surface area contributed by atoms with E-state index in [4.69, 9.17) is 20.7 Å². The van der Waals surface area contributed by atoms with Gasteiger partial charge in [-0.25, -0.2) is 39.3 Å². The van der Waals surface area contributed by atoms with Crippen molar-refractivity contribution in [3.05, 3.63) is 217 Å². The Balaban J connectivity index is 0.00000123. The first-order valence-corrected chi connectivity index (χ1v) is 35.0. The van der Waals surface area contributed by atoms with Crippen LogP contribution in [0.4, 0.5) is 22.0 Å². The molecule has 0 radical (unpaired) electrons. The van der Waals surface area contributed by atoms with Gasteiger partial charge in [0.25, 0.3) is 0 Å². The minimum absolute atomic E-state index is 0. The number of hydrogen-bond donors (Lipinski definition) is 4. The third-order valence-corrected chi connectivity index (χ3v) is 18.3. The van der Waals surface area contributed by atoms with E-state index in [9.17, 15) is 39.4 Å². The molecule has 0 aliphatic carbocycles. The number of rotatable bonds is 13. The molecular formula is C73H96Cl3F5MgN14O6S3. The van der Waals surface area contributed by atoms with Gasteiger partial charge in [-0.2, -0.15) is 29.9 Å². The second kappa shape index (κ2) is 46.3. The maximum absolute atomic E-state index is 14.1. The van der Waals surface area contributed by atoms with Gasteiger partial charge in [-0.3, -0.25) is 33.3 Å². The zero-order valence-electron chi connectivity index (χ0n) is 62.0. The molecule has 32 heteroatoms. The first-order valence-electron chi connectivity index (χ1n) is 31.5. The maximum Gasteiger partial charge on any atom is 2.00 e. The monoisotopic (exact) mass is 1580 g/mol. The molecule has 1 saturated heterocycles. The molecule has 11 rings (SSSR count). The van der Waals surface area contributed by atoms with Crippen molar-refractivity contribution in [2.75, 3.05) is 13.2 Å². The van der Waals surface area contributed by atoms with Crippen LogP contribution < -0.4 is 28.0 Å². The minimum atomic E-state index is -1.39. The molecule has 0 spiro atoms. The number of carbonyl (C=O) groups is 1. The molecule has 6 N–H and O–H groups in total. The summed E-state index contributed by atoms with van der Waals surface area (Å²) >= 11 is 0. The standard InChI is InChI=1S/C15H20FN3OS.C15H18FN3OS.C12H14FN3.C11H11FN2O.C11H9FN2O.C4H11NOS.C4H8O.CH3.3ClH.Mg/c2*1-15(2,3)21(20)18-9-12-6-5-11(7-14(12)16)13-8-17-19(4)10-13;1-8(14)11-4-3-9(5-12(11)13)10-6-15-16(2)7-10;2*1-14-6-10(5-13-14)8-2-3-9(7-15)11(12)4-8;1-4(2,3)7(5)6;1-2-4-5-3-1;;;;;/h5-8,10,18H,9H2,1-4H3;5-10H,1-4H3;3-8H,14H2,1-2H3;2-6,15H,7H2,1H3;2-7H,1H3;5H2,1-3H3;1-4H2;1H3;3*1H;/q;;;;;;;-1;;;;+2/p-1. The fraction of sp³-hybridized carbons (Fsp3) is 0.342. The Kier molecular flexibility index (Phi) is 43.2. The molecule has 0 saturated carbocycles. The third-order valence-electron chi connectivity index (χ3n) is 14.3. The maximum atomic E-state index is 14.1. The largest absolute Gasteiger partial charge is 2.00 e. The quantitative estimate of drug-likeness (QED) is 0.0276. The van der Waals surface area contributed by atoms with E-state index in [0.29, 0.717) is 34.1 Å². The smallest absolute Gasteiger partial charge is 1.00 e. The van der Waals surface area contributed by atoms with Crippen molar-refractivity contribution in [2.24, 2.45) is 50.5 Å². The van der Waals surface area contributed by atoms with E-state index >= 15 is 0 Å². The fourth-order valence-corrected chi connectivity index (χ4v) is 9.64. The first-order chi connectivity index (χ1) is 47.0. The topological polar surface area (TPSA) is 263 Å². The Hall–Kier alpha value is -6.97. The van der Waals surface area contributed by atoms with Crippen LogP contribution in [0.2, 0.25) is 0 Å². The number of carbonyl (C=O) groups excluding carboxylic acids is 1. The van der Waals surface area contributed by atoms with E-state index in [-0.39, 0.29) is 119 Å². The number of hydrogen-bond acceptors (Lipinski definition) is 12. The van der Waals surface area contributed by atoms with Crippen molar-refractivity contribution >= 4 is 93.3 Å². The molecule has 570 valence electrons. The summed E-state index contributed by atoms with van der Waals surface area (Å²) < 4.78 is 122. The normalized spacial score (nSPS) is 12.6. The van der Waals surface area contributed by atoms with E-state index in [2.05, 4.69) is 34.6 Å². The Morgan fingerprint density at radius 1 is 0.533 bits per heavy atom. The molecule has 0 bridgehead atoms. The van der Waals surface area contributed by atoms with Gasteiger partial charge in [-0.15, -0.1) is 24.8 Å². The predicted molar refractivity (Wildman–Crippen MR) is 416 cm³/mol. The summed E-state index contributed by atoms with van der Waals surface area (Å²) in [6, 6.07) is 23.9. The van der Waals surface area contributed by atoms with E-state index in [1.807, 2.05) is 127 Å². The summed E-state index contributed by atoms with van der Waals surface area (Å²) in [4.78, 5) is 10.4. The van der Waals surface area contributed by atoms with Crippen LogP contribution in [0.3, 0.4) is 0 Å². The van der Waals surface area contributed by atoms with Gasteiger partial charge in [0.1, 0.15) is 40.1 Å². The molecule has 20 nitrogen and oxygen atoms in total. The number of nitrogens with one attached hydrogen (secondary N) is 1. The Bertz CT molecular complexity index is 4390. The van der Waals surface area contributed by atoms with E-state index in [0.717, 1.165) is 63.3 Å². The molecule has 105 heavy (non-hydrogen) atoms. The van der Waals surface area contributed by atoms with Crippen LogP contribution in [0.25, 0.3) is 55.6 Å². The van der Waals surface area contributed by atoms with Gasteiger partial charge in [-0.05, 0) is 152 Å². The number of aryl methyl sites for hydroxylation is 5. The van der Waals surface area contributed by atoms with Crippen molar-refractivity contribution in [3.63, 3.8) is 0 Å². The van der Waals surface area contributed by atoms with E-state index in [1.165, 1.54) is 55.5 Å². The van der Waals surface area contributed by atoms with Gasteiger partial charge in [0.05, 0.1) is 79.4 Å². The van der Waals surface area contributed by atoms with Crippen molar-refractivity contribution in [1.29, 1.82) is 0 Å². The van der Waals surface area contributed by atoms with E-state index in [1.54, 1.807) is 117 Å². The molecular weight excluding hydrogens is 1490 g/mol. The summed E-state index contributed by atoms with van der Waals surface area (Å²) in [5.41, 5.74) is 15.5. The van der Waals surface area contributed by atoms with Crippen LogP contribution in [0.15, 0.2) is 157 Å². The van der Waals surface area contributed by atoms with Crippen molar-refractivity contribution in [1.82, 2.24) is 53.6 Å². The average Bonchev–Trinajstić information content (AvgIpc) is 1.82. The van der Waals surface area contributed by atoms with Crippen molar-refractivity contribution in [2.45, 2.75) is 116 Å². The van der Waals surface area contributed by atoms with Gasteiger partial charge in [-0.1, -0.05) is 48.5 Å². The zero-order valence-corrected chi connectivity index (χ0v) is 68.2. The van der Waals surface area contributed by atoms with Crippen LogP contribution in [0.5, 0.6) is 0 Å². The van der Waals surface area contributed by atoms with Crippen molar-refractivity contribution in [3.8, 4) is 55.6 Å². The minimum Gasteiger partial charge on any atom is -1.00 e. The van der Waals surface area contributed by atoms with Crippen LogP contribution in [-0.4, -0.2) is 130 Å². The summed E-state index contributed by atoms with van der Waals surface area (Å²) in [6.45, 7) is 20.3. The first kappa shape index (κ1) is 98.0. The second-order valence-corrected chi connectivity index (χ2v) is 31.7. The van der Waals surface area contributed by atoms with Gasteiger partial charge < -0.3 is 35.4 Å². The number of halogens is 8. The molecule has 5 aromatic carbocycles. The molecule has 1 aliphatic heterocycles. The molecule has 6 heterocycles.